The van der Waals surface area contributed by atoms with Gasteiger partial charge in [0.05, 0.1) is 18.5 Å². The number of thiophene rings is 1. The van der Waals surface area contributed by atoms with E-state index in [1.165, 1.54) is 17.6 Å². The van der Waals surface area contributed by atoms with Gasteiger partial charge in [-0.05, 0) is 80.5 Å². The summed E-state index contributed by atoms with van der Waals surface area (Å²) in [5.74, 6) is -0.300. The van der Waals surface area contributed by atoms with Crippen LogP contribution >= 0.6 is 11.3 Å². The monoisotopic (exact) mass is 480 g/mol. The van der Waals surface area contributed by atoms with Crippen LogP contribution in [0.15, 0.2) is 35.7 Å². The highest BCUT2D eigenvalue weighted by atomic mass is 32.1. The number of carbonyl (C=O) groups excluding carboxylic acids is 2. The van der Waals surface area contributed by atoms with Crippen molar-refractivity contribution in [1.29, 1.82) is 0 Å². The van der Waals surface area contributed by atoms with Gasteiger partial charge in [-0.3, -0.25) is 14.5 Å². The molecule has 8 heteroatoms. The lowest BCUT2D eigenvalue weighted by atomic mass is 10.1. The maximum Gasteiger partial charge on any atom is 0.305 e. The Morgan fingerprint density at radius 2 is 1.97 bits per heavy atom. The second kappa shape index (κ2) is 10.5. The Morgan fingerprint density at radius 1 is 1.21 bits per heavy atom. The average Bonchev–Trinajstić information content (AvgIpc) is 3.44. The number of benzene rings is 1. The summed E-state index contributed by atoms with van der Waals surface area (Å²) in [5, 5.41) is 9.89. The predicted molar refractivity (Wildman–Crippen MR) is 134 cm³/mol. The molecule has 1 aromatic carbocycles. The molecule has 0 radical (unpaired) electrons. The van der Waals surface area contributed by atoms with Gasteiger partial charge in [0.25, 0.3) is 5.91 Å². The molecule has 0 spiro atoms. The lowest BCUT2D eigenvalue weighted by Gasteiger charge is -2.32. The van der Waals surface area contributed by atoms with Crippen LogP contribution < -0.4 is 5.32 Å². The standard InChI is InChI=1S/C26H32N4O3S/c1-17(29-13-11-24-21(16-29)12-14-34-24)15-27-26(32)20-5-7-22(8-6-20)30-19(3)23(18(2)28-30)9-10-25(31)33-4/h5-8,12,14,17H,9-11,13,15-16H2,1-4H3,(H,27,32). The van der Waals surface area contributed by atoms with Crippen molar-refractivity contribution in [3.05, 3.63) is 68.7 Å². The molecule has 34 heavy (non-hydrogen) atoms. The van der Waals surface area contributed by atoms with Crippen molar-refractivity contribution >= 4 is 23.2 Å². The molecule has 0 saturated heterocycles. The summed E-state index contributed by atoms with van der Waals surface area (Å²) in [5.41, 5.74) is 5.86. The Balaban J connectivity index is 1.35. The van der Waals surface area contributed by atoms with Gasteiger partial charge in [0.2, 0.25) is 0 Å². The zero-order valence-electron chi connectivity index (χ0n) is 20.3. The molecule has 3 aromatic rings. The van der Waals surface area contributed by atoms with Crippen LogP contribution in [-0.2, 0) is 28.9 Å². The smallest absolute Gasteiger partial charge is 0.305 e. The van der Waals surface area contributed by atoms with Crippen molar-refractivity contribution in [2.45, 2.75) is 52.6 Å². The van der Waals surface area contributed by atoms with Crippen molar-refractivity contribution in [3.8, 4) is 5.69 Å². The van der Waals surface area contributed by atoms with E-state index >= 15 is 0 Å². The van der Waals surface area contributed by atoms with Gasteiger partial charge in [0, 0.05) is 48.2 Å². The van der Waals surface area contributed by atoms with Gasteiger partial charge < -0.3 is 10.1 Å². The van der Waals surface area contributed by atoms with Crippen molar-refractivity contribution in [3.63, 3.8) is 0 Å². The SMILES string of the molecule is COC(=O)CCc1c(C)nn(-c2ccc(C(=O)NCC(C)N3CCc4sccc4C3)cc2)c1C. The minimum absolute atomic E-state index is 0.0706. The van der Waals surface area contributed by atoms with Crippen LogP contribution in [0.1, 0.15) is 51.1 Å². The Hall–Kier alpha value is -2.97. The number of rotatable bonds is 8. The second-order valence-electron chi connectivity index (χ2n) is 8.83. The highest BCUT2D eigenvalue weighted by Gasteiger charge is 2.22. The van der Waals surface area contributed by atoms with Crippen LogP contribution in [-0.4, -0.2) is 52.8 Å². The first-order chi connectivity index (χ1) is 16.4. The van der Waals surface area contributed by atoms with Crippen LogP contribution in [0.3, 0.4) is 0 Å². The molecule has 1 aliphatic rings. The van der Waals surface area contributed by atoms with Crippen molar-refractivity contribution in [1.82, 2.24) is 20.0 Å². The molecule has 0 fully saturated rings. The molecule has 0 saturated carbocycles. The molecule has 2 aromatic heterocycles. The minimum Gasteiger partial charge on any atom is -0.469 e. The number of aryl methyl sites for hydroxylation is 1. The lowest BCUT2D eigenvalue weighted by Crippen LogP contribution is -2.44. The Kier molecular flexibility index (Phi) is 7.48. The number of methoxy groups -OCH3 is 1. The molecule has 3 heterocycles. The topological polar surface area (TPSA) is 76.5 Å². The van der Waals surface area contributed by atoms with E-state index in [1.54, 1.807) is 0 Å². The van der Waals surface area contributed by atoms with Crippen LogP contribution in [0, 0.1) is 13.8 Å². The van der Waals surface area contributed by atoms with E-state index in [2.05, 4.69) is 33.7 Å². The third kappa shape index (κ3) is 5.23. The summed E-state index contributed by atoms with van der Waals surface area (Å²) in [4.78, 5) is 28.2. The fourth-order valence-corrected chi connectivity index (χ4v) is 5.38. The predicted octanol–water partition coefficient (Wildman–Crippen LogP) is 3.83. The quantitative estimate of drug-likeness (QED) is 0.496. The third-order valence-electron chi connectivity index (χ3n) is 6.64. The van der Waals surface area contributed by atoms with Gasteiger partial charge in [0.15, 0.2) is 0 Å². The summed E-state index contributed by atoms with van der Waals surface area (Å²) in [6.45, 7) is 8.70. The summed E-state index contributed by atoms with van der Waals surface area (Å²) in [7, 11) is 1.40. The maximum absolute atomic E-state index is 12.7. The van der Waals surface area contributed by atoms with E-state index in [0.717, 1.165) is 42.1 Å². The number of fused-ring (bicyclic) bond motifs is 1. The van der Waals surface area contributed by atoms with Crippen molar-refractivity contribution in [2.75, 3.05) is 20.2 Å². The van der Waals surface area contributed by atoms with E-state index in [4.69, 9.17) is 4.74 Å². The number of carbonyl (C=O) groups is 2. The molecular weight excluding hydrogens is 448 g/mol. The largest absolute Gasteiger partial charge is 0.469 e. The highest BCUT2D eigenvalue weighted by molar-refractivity contribution is 7.10. The molecule has 4 rings (SSSR count). The van der Waals surface area contributed by atoms with Crippen LogP contribution in [0.5, 0.6) is 0 Å². The maximum atomic E-state index is 12.7. The summed E-state index contributed by atoms with van der Waals surface area (Å²) >= 11 is 1.84. The number of hydrogen-bond acceptors (Lipinski definition) is 6. The molecule has 180 valence electrons. The van der Waals surface area contributed by atoms with Gasteiger partial charge in [-0.2, -0.15) is 5.10 Å². The normalized spacial score (nSPS) is 14.5. The van der Waals surface area contributed by atoms with Crippen molar-refractivity contribution in [2.24, 2.45) is 0 Å². The lowest BCUT2D eigenvalue weighted by molar-refractivity contribution is -0.140. The Labute approximate surface area is 204 Å². The first-order valence-electron chi connectivity index (χ1n) is 11.7. The van der Waals surface area contributed by atoms with E-state index in [9.17, 15) is 9.59 Å². The minimum atomic E-state index is -0.229. The molecule has 7 nitrogen and oxygen atoms in total. The summed E-state index contributed by atoms with van der Waals surface area (Å²) < 4.78 is 6.61. The van der Waals surface area contributed by atoms with E-state index in [-0.39, 0.29) is 17.9 Å². The molecule has 1 N–H and O–H groups in total. The summed E-state index contributed by atoms with van der Waals surface area (Å²) in [6.07, 6.45) is 2.00. The molecule has 1 unspecified atom stereocenters. The number of esters is 1. The van der Waals surface area contributed by atoms with Gasteiger partial charge >= 0.3 is 5.97 Å². The van der Waals surface area contributed by atoms with E-state index in [0.29, 0.717) is 24.9 Å². The van der Waals surface area contributed by atoms with Crippen LogP contribution in [0.2, 0.25) is 0 Å². The number of hydrogen-bond donors (Lipinski definition) is 1. The Bertz CT molecular complexity index is 1170. The number of ether oxygens (including phenoxy) is 1. The van der Waals surface area contributed by atoms with Crippen LogP contribution in [0.25, 0.3) is 5.69 Å². The fraction of sp³-hybridized carbons (Fsp3) is 0.423. The number of aromatic nitrogens is 2. The van der Waals surface area contributed by atoms with Gasteiger partial charge in [-0.15, -0.1) is 11.3 Å². The zero-order chi connectivity index (χ0) is 24.2. The number of amides is 1. The first kappa shape index (κ1) is 24.2. The van der Waals surface area contributed by atoms with Gasteiger partial charge in [-0.25, -0.2) is 4.68 Å². The van der Waals surface area contributed by atoms with Gasteiger partial charge in [-0.1, -0.05) is 0 Å². The Morgan fingerprint density at radius 3 is 2.71 bits per heavy atom. The van der Waals surface area contributed by atoms with Crippen molar-refractivity contribution < 1.29 is 14.3 Å². The van der Waals surface area contributed by atoms with Crippen LogP contribution in [0.4, 0.5) is 0 Å². The third-order valence-corrected chi connectivity index (χ3v) is 7.66. The summed E-state index contributed by atoms with van der Waals surface area (Å²) in [6, 6.07) is 9.96. The van der Waals surface area contributed by atoms with E-state index in [1.807, 2.05) is 54.1 Å². The molecule has 1 aliphatic heterocycles. The number of nitrogens with zero attached hydrogens (tertiary/aromatic N) is 3. The second-order valence-corrected chi connectivity index (χ2v) is 9.83. The molecule has 1 amide bonds. The highest BCUT2D eigenvalue weighted by Crippen LogP contribution is 2.25. The molecule has 1 atom stereocenters. The first-order valence-corrected chi connectivity index (χ1v) is 12.5. The number of nitrogens with one attached hydrogen (secondary N) is 1. The van der Waals surface area contributed by atoms with E-state index < -0.39 is 0 Å². The average molecular weight is 481 g/mol. The fourth-order valence-electron chi connectivity index (χ4n) is 4.49. The van der Waals surface area contributed by atoms with Gasteiger partial charge in [0.1, 0.15) is 0 Å². The zero-order valence-corrected chi connectivity index (χ0v) is 21.1. The molecular formula is C26H32N4O3S. The molecule has 0 bridgehead atoms. The molecule has 0 aliphatic carbocycles.